The van der Waals surface area contributed by atoms with Crippen LogP contribution in [0.4, 0.5) is 79.0 Å². The fourth-order valence-corrected chi connectivity index (χ4v) is 3.41. The third-order valence-corrected chi connectivity index (χ3v) is 6.12. The molecule has 0 aliphatic carbocycles. The van der Waals surface area contributed by atoms with Crippen molar-refractivity contribution in [1.82, 2.24) is 10.6 Å². The molecule has 1 rings (SSSR count). The average molecular weight is 738 g/mol. The third kappa shape index (κ3) is 9.38. The first-order chi connectivity index (χ1) is 20.7. The van der Waals surface area contributed by atoms with Crippen molar-refractivity contribution in [2.45, 2.75) is 112 Å². The lowest BCUT2D eigenvalue weighted by molar-refractivity contribution is -0.396. The summed E-state index contributed by atoms with van der Waals surface area (Å²) in [4.78, 5) is 23.8. The molecule has 2 unspecified atom stereocenters. The molecule has 0 aromatic carbocycles. The molecule has 1 aliphatic heterocycles. The molecule has 0 aromatic rings. The van der Waals surface area contributed by atoms with Crippen molar-refractivity contribution in [2.24, 2.45) is 0 Å². The number of ether oxygens (including phenoxy) is 3. The Hall–Kier alpha value is -2.44. The number of hydrogen-bond acceptors (Lipinski definition) is 5. The Morgan fingerprint density at radius 1 is 0.574 bits per heavy atom. The number of nitrogens with one attached hydrogen (secondary N) is 2. The van der Waals surface area contributed by atoms with Gasteiger partial charge in [0.15, 0.2) is 0 Å². The van der Waals surface area contributed by atoms with E-state index in [4.69, 9.17) is 14.2 Å². The van der Waals surface area contributed by atoms with E-state index in [2.05, 4.69) is 0 Å². The molecule has 0 bridgehead atoms. The predicted octanol–water partition coefficient (Wildman–Crippen LogP) is 6.21. The molecule has 278 valence electrons. The monoisotopic (exact) mass is 738 g/mol. The highest BCUT2D eigenvalue weighted by molar-refractivity contribution is 5.76. The second kappa shape index (κ2) is 14.2. The van der Waals surface area contributed by atoms with Crippen LogP contribution in [0.1, 0.15) is 39.5 Å². The number of alkyl halides is 18. The normalized spacial score (nSPS) is 20.9. The molecule has 47 heavy (non-hydrogen) atoms. The summed E-state index contributed by atoms with van der Waals surface area (Å²) in [5.74, 6) is -43.8. The van der Waals surface area contributed by atoms with Gasteiger partial charge in [-0.3, -0.25) is 9.59 Å². The van der Waals surface area contributed by atoms with Crippen LogP contribution in [0.15, 0.2) is 0 Å². The highest BCUT2D eigenvalue weighted by Gasteiger charge is 2.82. The third-order valence-electron chi connectivity index (χ3n) is 6.12. The van der Waals surface area contributed by atoms with Crippen LogP contribution in [-0.2, 0) is 23.8 Å². The molecule has 2 amide bonds. The minimum atomic E-state index is -7.19. The highest BCUT2D eigenvalue weighted by Crippen LogP contribution is 2.55. The highest BCUT2D eigenvalue weighted by atomic mass is 19.4. The second-order valence-corrected chi connectivity index (χ2v) is 10.1. The molecule has 0 saturated carbocycles. The maximum Gasteiger partial charge on any atom is 0.460 e. The zero-order chi connectivity index (χ0) is 37.2. The molecule has 7 nitrogen and oxygen atoms in total. The molecule has 1 saturated heterocycles. The van der Waals surface area contributed by atoms with E-state index in [0.29, 0.717) is 0 Å². The van der Waals surface area contributed by atoms with Crippen LogP contribution in [0.2, 0.25) is 0 Å². The van der Waals surface area contributed by atoms with E-state index in [0.717, 1.165) is 0 Å². The Kier molecular flexibility index (Phi) is 12.9. The molecular formula is C22H24F18N2O5. The number of hydrogen-bond donors (Lipinski definition) is 2. The average Bonchev–Trinajstić information content (AvgIpc) is 3.27. The van der Waals surface area contributed by atoms with Crippen LogP contribution in [-0.4, -0.2) is 97.6 Å². The largest absolute Gasteiger partial charge is 0.460 e. The first-order valence-corrected chi connectivity index (χ1v) is 12.6. The van der Waals surface area contributed by atoms with Crippen molar-refractivity contribution < 1.29 is 103 Å². The number of rotatable bonds is 16. The Balaban J connectivity index is 2.85. The first-order valence-electron chi connectivity index (χ1n) is 12.6. The van der Waals surface area contributed by atoms with E-state index in [9.17, 15) is 88.6 Å². The number of halogens is 18. The quantitative estimate of drug-likeness (QED) is 0.184. The molecule has 0 aromatic heterocycles. The van der Waals surface area contributed by atoms with E-state index < -0.39 is 123 Å². The topological polar surface area (TPSA) is 85.9 Å². The van der Waals surface area contributed by atoms with Gasteiger partial charge in [0, 0.05) is 38.8 Å². The lowest BCUT2D eigenvalue weighted by Crippen LogP contribution is -2.61. The van der Waals surface area contributed by atoms with Gasteiger partial charge < -0.3 is 24.8 Å². The van der Waals surface area contributed by atoms with Crippen molar-refractivity contribution in [3.05, 3.63) is 0 Å². The zero-order valence-corrected chi connectivity index (χ0v) is 23.4. The lowest BCUT2D eigenvalue weighted by Gasteiger charge is -2.33. The van der Waals surface area contributed by atoms with Crippen molar-refractivity contribution >= 4 is 11.8 Å². The number of carbonyl (C=O) groups is 2. The van der Waals surface area contributed by atoms with E-state index in [1.54, 1.807) is 10.6 Å². The fourth-order valence-electron chi connectivity index (χ4n) is 3.41. The Morgan fingerprint density at radius 3 is 1.13 bits per heavy atom. The maximum atomic E-state index is 13.7. The van der Waals surface area contributed by atoms with Crippen LogP contribution < -0.4 is 10.6 Å². The summed E-state index contributed by atoms with van der Waals surface area (Å²) in [6, 6.07) is 0. The van der Waals surface area contributed by atoms with Gasteiger partial charge >= 0.3 is 47.9 Å². The minimum absolute atomic E-state index is 0.680. The van der Waals surface area contributed by atoms with Gasteiger partial charge in [0.25, 0.3) is 6.48 Å². The van der Waals surface area contributed by atoms with Crippen molar-refractivity contribution in [1.29, 1.82) is 0 Å². The van der Waals surface area contributed by atoms with Crippen molar-refractivity contribution in [3.63, 3.8) is 0 Å². The van der Waals surface area contributed by atoms with Gasteiger partial charge in [0.05, 0.1) is 6.10 Å². The fraction of sp³-hybridized carbons (Fsp3) is 0.909. The van der Waals surface area contributed by atoms with Gasteiger partial charge in [-0.2, -0.15) is 79.0 Å². The Labute approximate surface area is 251 Å². The van der Waals surface area contributed by atoms with Crippen molar-refractivity contribution in [2.75, 3.05) is 13.1 Å². The van der Waals surface area contributed by atoms with Gasteiger partial charge in [0.1, 0.15) is 12.2 Å². The van der Waals surface area contributed by atoms with Crippen LogP contribution in [0.3, 0.4) is 0 Å². The van der Waals surface area contributed by atoms with E-state index >= 15 is 0 Å². The van der Waals surface area contributed by atoms with Gasteiger partial charge in [-0.15, -0.1) is 0 Å². The summed E-state index contributed by atoms with van der Waals surface area (Å²) >= 11 is 0. The molecule has 0 spiro atoms. The van der Waals surface area contributed by atoms with E-state index in [-0.39, 0.29) is 0 Å². The lowest BCUT2D eigenvalue weighted by atomic mass is 9.99. The smallest absolute Gasteiger partial charge is 0.353 e. The molecular weight excluding hydrogens is 714 g/mol. The SMILES string of the molecule is CC(C)OC1OC(CNC(=O)CCC(F)(F)C(F)(F)C(F)(F)C(F)(F)F)C(CNC(=O)CCC(F)(F)C(F)(F)C(F)(F)C(F)(F)F)O1. The van der Waals surface area contributed by atoms with Crippen LogP contribution >= 0.6 is 0 Å². The van der Waals surface area contributed by atoms with Crippen LogP contribution in [0.5, 0.6) is 0 Å². The molecule has 25 heteroatoms. The van der Waals surface area contributed by atoms with Gasteiger partial charge in [-0.25, -0.2) is 0 Å². The number of amides is 2. The summed E-state index contributed by atoms with van der Waals surface area (Å²) in [7, 11) is 0. The van der Waals surface area contributed by atoms with Crippen LogP contribution in [0, 0.1) is 0 Å². The standard InChI is InChI=1S/C22H24F18N2O5/c1-9(2)45-14-46-10(7-41-12(43)3-5-15(23,24)17(27,28)19(31,32)21(35,36)37)11(47-14)8-42-13(44)4-6-16(25,26)18(29,30)20(33,34)22(38,39)40/h9-11,14H,3-8H2,1-2H3,(H,41,43)(H,42,44). The summed E-state index contributed by atoms with van der Waals surface area (Å²) in [6.45, 7) is -0.590. The molecule has 1 fully saturated rings. The van der Waals surface area contributed by atoms with Crippen LogP contribution in [0.25, 0.3) is 0 Å². The van der Waals surface area contributed by atoms with E-state index in [1.165, 1.54) is 13.8 Å². The van der Waals surface area contributed by atoms with Gasteiger partial charge in [-0.05, 0) is 13.8 Å². The predicted molar refractivity (Wildman–Crippen MR) is 116 cm³/mol. The molecule has 1 heterocycles. The molecule has 1 aliphatic rings. The minimum Gasteiger partial charge on any atom is -0.353 e. The first kappa shape index (κ1) is 42.6. The molecule has 2 atom stereocenters. The summed E-state index contributed by atoms with van der Waals surface area (Å²) in [5.41, 5.74) is 0. The molecule has 0 radical (unpaired) electrons. The Bertz CT molecular complexity index is 1000. The summed E-state index contributed by atoms with van der Waals surface area (Å²) < 4.78 is 249. The van der Waals surface area contributed by atoms with Crippen molar-refractivity contribution in [3.8, 4) is 0 Å². The van der Waals surface area contributed by atoms with Gasteiger partial charge in [0.2, 0.25) is 11.8 Å². The maximum absolute atomic E-state index is 13.7. The summed E-state index contributed by atoms with van der Waals surface area (Å²) in [5, 5.41) is 3.50. The summed E-state index contributed by atoms with van der Waals surface area (Å²) in [6.07, 6.45) is -26.5. The number of carbonyl (C=O) groups excluding carboxylic acids is 2. The van der Waals surface area contributed by atoms with E-state index in [1.807, 2.05) is 0 Å². The van der Waals surface area contributed by atoms with Gasteiger partial charge in [-0.1, -0.05) is 0 Å². The zero-order valence-electron chi connectivity index (χ0n) is 23.4. The Morgan fingerprint density at radius 2 is 0.872 bits per heavy atom. The molecule has 2 N–H and O–H groups in total. The second-order valence-electron chi connectivity index (χ2n) is 10.1.